The van der Waals surface area contributed by atoms with E-state index in [0.29, 0.717) is 6.42 Å². The first-order chi connectivity index (χ1) is 8.00. The van der Waals surface area contributed by atoms with Crippen molar-refractivity contribution >= 4 is 11.9 Å². The number of unbranched alkanes of at least 4 members (excludes halogenated alkanes) is 7. The van der Waals surface area contributed by atoms with Gasteiger partial charge in [-0.3, -0.25) is 4.79 Å². The van der Waals surface area contributed by atoms with Gasteiger partial charge in [-0.2, -0.15) is 0 Å². The maximum atomic E-state index is 10.4. The monoisotopic (exact) mass is 283 g/mol. The van der Waals surface area contributed by atoms with Crippen molar-refractivity contribution in [1.82, 2.24) is 0 Å². The third-order valence-electron chi connectivity index (χ3n) is 2.28. The molecule has 5 heteroatoms. The van der Waals surface area contributed by atoms with Crippen molar-refractivity contribution in [3.8, 4) is 0 Å². The summed E-state index contributed by atoms with van der Waals surface area (Å²) >= 11 is 0. The van der Waals surface area contributed by atoms with Gasteiger partial charge in [0.15, 0.2) is 0 Å². The summed E-state index contributed by atoms with van der Waals surface area (Å²) in [7, 11) is 0. The van der Waals surface area contributed by atoms with Crippen molar-refractivity contribution in [3.63, 3.8) is 0 Å². The third-order valence-corrected chi connectivity index (χ3v) is 2.28. The smallest absolute Gasteiger partial charge is 0.550 e. The van der Waals surface area contributed by atoms with Gasteiger partial charge in [-0.15, -0.1) is 0 Å². The van der Waals surface area contributed by atoms with Gasteiger partial charge in [0.05, 0.1) is 0 Å². The molecule has 4 nitrogen and oxygen atoms in total. The van der Waals surface area contributed by atoms with Gasteiger partial charge in [0.25, 0.3) is 0 Å². The Hall–Kier alpha value is 0.576. The Morgan fingerprint density at radius 1 is 0.944 bits per heavy atom. The normalized spacial score (nSPS) is 8.78. The number of carbonyl (C=O) groups excluding carboxylic acids is 2. The van der Waals surface area contributed by atoms with Crippen molar-refractivity contribution in [2.24, 2.45) is 5.73 Å². The van der Waals surface area contributed by atoms with E-state index in [-0.39, 0.29) is 57.3 Å². The molecule has 0 atom stereocenters. The Bertz CT molecular complexity index is 195. The summed E-state index contributed by atoms with van der Waals surface area (Å²) in [6, 6.07) is 0. The minimum absolute atomic E-state index is 0. The summed E-state index contributed by atoms with van der Waals surface area (Å²) < 4.78 is 0. The van der Waals surface area contributed by atoms with Gasteiger partial charge >= 0.3 is 51.4 Å². The topological polar surface area (TPSA) is 83.2 Å². The molecule has 0 saturated heterocycles. The zero-order chi connectivity index (χ0) is 13.5. The van der Waals surface area contributed by atoms with Gasteiger partial charge in [-0.25, -0.2) is 0 Å². The van der Waals surface area contributed by atoms with Crippen LogP contribution in [0.5, 0.6) is 0 Å². The van der Waals surface area contributed by atoms with E-state index < -0.39 is 5.97 Å². The molecule has 0 aliphatic heterocycles. The predicted octanol–water partition coefficient (Wildman–Crippen LogP) is -1.24. The Morgan fingerprint density at radius 2 is 1.28 bits per heavy atom. The first-order valence-corrected chi connectivity index (χ1v) is 6.46. The molecule has 0 aliphatic rings. The van der Waals surface area contributed by atoms with Crippen LogP contribution in [0.1, 0.15) is 71.6 Å². The van der Waals surface area contributed by atoms with E-state index in [1.165, 1.54) is 38.5 Å². The van der Waals surface area contributed by atoms with Crippen LogP contribution >= 0.6 is 0 Å². The fourth-order valence-corrected chi connectivity index (χ4v) is 1.43. The predicted molar refractivity (Wildman–Crippen MR) is 67.1 cm³/mol. The molecule has 0 aliphatic carbocycles. The van der Waals surface area contributed by atoms with E-state index >= 15 is 0 Å². The summed E-state index contributed by atoms with van der Waals surface area (Å²) in [4.78, 5) is 19.3. The zero-order valence-corrected chi connectivity index (χ0v) is 15.3. The van der Waals surface area contributed by atoms with Gasteiger partial charge in [-0.05, 0) is 13.3 Å². The Morgan fingerprint density at radius 3 is 1.61 bits per heavy atom. The number of nitrogens with two attached hydrogens (primary N) is 1. The van der Waals surface area contributed by atoms with E-state index in [9.17, 15) is 4.79 Å². The van der Waals surface area contributed by atoms with Gasteiger partial charge < -0.3 is 15.6 Å². The summed E-state index contributed by atoms with van der Waals surface area (Å²) in [6.07, 6.45) is 10.7. The summed E-state index contributed by atoms with van der Waals surface area (Å²) in [5, 5.41) is 8.89. The van der Waals surface area contributed by atoms with Crippen LogP contribution in [-0.2, 0) is 9.59 Å². The fourth-order valence-electron chi connectivity index (χ4n) is 1.43. The molecule has 0 bridgehead atoms. The van der Waals surface area contributed by atoms with Crippen LogP contribution in [-0.4, -0.2) is 11.9 Å². The molecule has 0 unspecified atom stereocenters. The summed E-state index contributed by atoms with van der Waals surface area (Å²) in [5.41, 5.74) is 5.03. The van der Waals surface area contributed by atoms with E-state index in [0.717, 1.165) is 19.8 Å². The number of primary amides is 1. The average molecular weight is 283 g/mol. The minimum atomic E-state index is -1.08. The molecule has 0 heterocycles. The zero-order valence-electron chi connectivity index (χ0n) is 12.2. The number of carboxylic acid groups (broad SMARTS) is 1. The van der Waals surface area contributed by atoms with Crippen LogP contribution in [0.4, 0.5) is 0 Å². The molecular weight excluding hydrogens is 257 g/mol. The van der Waals surface area contributed by atoms with Gasteiger partial charge in [0.2, 0.25) is 5.91 Å². The van der Waals surface area contributed by atoms with Crippen LogP contribution in [0, 0.1) is 0 Å². The first kappa shape index (κ1) is 23.7. The van der Waals surface area contributed by atoms with Crippen molar-refractivity contribution in [2.45, 2.75) is 71.6 Å². The van der Waals surface area contributed by atoms with E-state index in [2.05, 4.69) is 6.92 Å². The van der Waals surface area contributed by atoms with E-state index in [4.69, 9.17) is 15.6 Å². The van der Waals surface area contributed by atoms with Crippen molar-refractivity contribution in [3.05, 3.63) is 0 Å². The van der Waals surface area contributed by atoms with Gasteiger partial charge in [-0.1, -0.05) is 51.9 Å². The summed E-state index contributed by atoms with van der Waals surface area (Å²) in [5.74, 6) is -1.24. The number of carboxylic acids is 1. The molecule has 0 radical (unpaired) electrons. The SMILES string of the molecule is CC(=O)[O-].CCCCCCCCCCC(N)=O.[K+]. The molecule has 0 fully saturated rings. The second-order valence-corrected chi connectivity index (χ2v) is 4.18. The molecule has 18 heavy (non-hydrogen) atoms. The van der Waals surface area contributed by atoms with Crippen molar-refractivity contribution < 1.29 is 66.1 Å². The number of aliphatic carboxylic acids is 1. The molecule has 102 valence electrons. The van der Waals surface area contributed by atoms with Crippen LogP contribution in [0.2, 0.25) is 0 Å². The van der Waals surface area contributed by atoms with Gasteiger partial charge in [0, 0.05) is 12.4 Å². The Balaban J connectivity index is -0.000000392. The largest absolute Gasteiger partial charge is 1.00 e. The molecule has 1 amide bonds. The molecule has 0 saturated carbocycles. The van der Waals surface area contributed by atoms with Crippen LogP contribution < -0.4 is 62.2 Å². The van der Waals surface area contributed by atoms with E-state index in [1.54, 1.807) is 0 Å². The van der Waals surface area contributed by atoms with Crippen LogP contribution in [0.3, 0.4) is 0 Å². The molecule has 0 spiro atoms. The second-order valence-electron chi connectivity index (χ2n) is 4.18. The summed E-state index contributed by atoms with van der Waals surface area (Å²) in [6.45, 7) is 3.20. The number of hydrogen-bond acceptors (Lipinski definition) is 3. The minimum Gasteiger partial charge on any atom is -0.550 e. The fraction of sp³-hybridized carbons (Fsp3) is 0.846. The quantitative estimate of drug-likeness (QED) is 0.424. The number of rotatable bonds is 9. The molecule has 0 rings (SSSR count). The number of amides is 1. The standard InChI is InChI=1S/C11H23NO.C2H4O2.K/c1-2-3-4-5-6-7-8-9-10-11(12)13;1-2(3)4;/h2-10H2,1H3,(H2,12,13);1H3,(H,3,4);/q;;+1/p-1. The molecule has 0 aromatic rings. The van der Waals surface area contributed by atoms with E-state index in [1.807, 2.05) is 0 Å². The first-order valence-electron chi connectivity index (χ1n) is 6.46. The average Bonchev–Trinajstić information content (AvgIpc) is 2.21. The maximum Gasteiger partial charge on any atom is 1.00 e. The molecule has 2 N–H and O–H groups in total. The molecule has 0 aromatic heterocycles. The van der Waals surface area contributed by atoms with Crippen molar-refractivity contribution in [1.29, 1.82) is 0 Å². The molecule has 0 aromatic carbocycles. The number of hydrogen-bond donors (Lipinski definition) is 1. The van der Waals surface area contributed by atoms with Crippen molar-refractivity contribution in [2.75, 3.05) is 0 Å². The Labute approximate surface area is 154 Å². The second kappa shape index (κ2) is 19.9. The Kier molecular flexibility index (Phi) is 26.2. The molecular formula is C13H26KNO3. The maximum absolute atomic E-state index is 10.4. The van der Waals surface area contributed by atoms with Crippen LogP contribution in [0.15, 0.2) is 0 Å². The van der Waals surface area contributed by atoms with Gasteiger partial charge in [0.1, 0.15) is 0 Å². The van der Waals surface area contributed by atoms with Crippen LogP contribution in [0.25, 0.3) is 0 Å². The number of carbonyl (C=O) groups is 2. The third kappa shape index (κ3) is 36.0.